The molecule has 1 N–H and O–H groups in total. The fourth-order valence-electron chi connectivity index (χ4n) is 2.61. The van der Waals surface area contributed by atoms with Gasteiger partial charge in [0.1, 0.15) is 0 Å². The molecule has 4 nitrogen and oxygen atoms in total. The van der Waals surface area contributed by atoms with Crippen LogP contribution in [0.3, 0.4) is 0 Å². The molecule has 118 valence electrons. The fraction of sp³-hybridized carbons (Fsp3) is 0. The first kappa shape index (κ1) is 14.9. The summed E-state index contributed by atoms with van der Waals surface area (Å²) in [6.45, 7) is 0. The second-order valence-electron chi connectivity index (χ2n) is 5.25. The molecule has 1 aliphatic heterocycles. The third-order valence-corrected chi connectivity index (χ3v) is 4.84. The molecular formula is C18H11ClN2O2S. The monoisotopic (exact) mass is 354 g/mol. The van der Waals surface area contributed by atoms with Crippen LogP contribution in [-0.4, -0.2) is 15.9 Å². The Kier molecular flexibility index (Phi) is 3.59. The highest BCUT2D eigenvalue weighted by atomic mass is 35.5. The molecule has 0 spiro atoms. The smallest absolute Gasteiger partial charge is 0.315 e. The van der Waals surface area contributed by atoms with Crippen molar-refractivity contribution in [3.05, 3.63) is 73.7 Å². The molecule has 0 radical (unpaired) electrons. The third kappa shape index (κ3) is 2.48. The van der Waals surface area contributed by atoms with E-state index in [0.717, 1.165) is 28.2 Å². The van der Waals surface area contributed by atoms with E-state index in [9.17, 15) is 9.90 Å². The standard InChI is InChI=1S/C18H11ClN2O2S/c19-12-4-3-5-13(9-12)21-17(22)16(24-18(21)23)8-11-10-20-15-7-2-1-6-14(11)15/h1-10,22H/b11-8-. The molecule has 0 aliphatic carbocycles. The van der Waals surface area contributed by atoms with Crippen molar-refractivity contribution in [3.63, 3.8) is 0 Å². The Morgan fingerprint density at radius 3 is 2.83 bits per heavy atom. The Bertz CT molecular complexity index is 1060. The summed E-state index contributed by atoms with van der Waals surface area (Å²) in [4.78, 5) is 16.9. The summed E-state index contributed by atoms with van der Waals surface area (Å²) in [6, 6.07) is 14.6. The second-order valence-corrected chi connectivity index (χ2v) is 6.68. The summed E-state index contributed by atoms with van der Waals surface area (Å²) in [5.41, 5.74) is 3.25. The number of thiazole rings is 1. The molecule has 1 aliphatic rings. The molecule has 6 heteroatoms. The summed E-state index contributed by atoms with van der Waals surface area (Å²) in [5, 5.41) is 11.0. The molecule has 0 unspecified atom stereocenters. The number of allylic oxidation sites excluding steroid dienone is 1. The van der Waals surface area contributed by atoms with Gasteiger partial charge in [-0.05, 0) is 30.3 Å². The Morgan fingerprint density at radius 1 is 1.17 bits per heavy atom. The summed E-state index contributed by atoms with van der Waals surface area (Å²) >= 11 is 6.96. The van der Waals surface area contributed by atoms with Crippen molar-refractivity contribution in [2.24, 2.45) is 4.99 Å². The van der Waals surface area contributed by atoms with Crippen LogP contribution in [0.15, 0.2) is 58.3 Å². The number of fused-ring (bicyclic) bond motifs is 1. The molecule has 0 atom stereocenters. The molecule has 2 heterocycles. The van der Waals surface area contributed by atoms with E-state index in [1.807, 2.05) is 24.3 Å². The highest BCUT2D eigenvalue weighted by molar-refractivity contribution is 7.10. The van der Waals surface area contributed by atoms with E-state index in [1.165, 1.54) is 4.57 Å². The van der Waals surface area contributed by atoms with Gasteiger partial charge in [0.05, 0.1) is 16.3 Å². The predicted molar refractivity (Wildman–Crippen MR) is 99.1 cm³/mol. The van der Waals surface area contributed by atoms with Crippen molar-refractivity contribution in [1.82, 2.24) is 4.57 Å². The van der Waals surface area contributed by atoms with Gasteiger partial charge >= 0.3 is 4.87 Å². The van der Waals surface area contributed by atoms with E-state index in [-0.39, 0.29) is 10.8 Å². The van der Waals surface area contributed by atoms with Crippen LogP contribution >= 0.6 is 22.9 Å². The van der Waals surface area contributed by atoms with Crippen molar-refractivity contribution >= 4 is 46.5 Å². The van der Waals surface area contributed by atoms with E-state index < -0.39 is 0 Å². The Hall–Kier alpha value is -2.63. The molecule has 0 fully saturated rings. The largest absolute Gasteiger partial charge is 0.493 e. The zero-order valence-corrected chi connectivity index (χ0v) is 13.9. The Balaban J connectivity index is 1.83. The number of halogens is 1. The van der Waals surface area contributed by atoms with Gasteiger partial charge in [-0.1, -0.05) is 47.2 Å². The van der Waals surface area contributed by atoms with Gasteiger partial charge < -0.3 is 5.11 Å². The molecule has 0 amide bonds. The number of hydrogen-bond donors (Lipinski definition) is 1. The zero-order chi connectivity index (χ0) is 16.7. The molecule has 2 aromatic carbocycles. The van der Waals surface area contributed by atoms with E-state index in [0.29, 0.717) is 15.6 Å². The maximum atomic E-state index is 12.3. The average molecular weight is 355 g/mol. The number of benzene rings is 2. The lowest BCUT2D eigenvalue weighted by Gasteiger charge is -2.04. The summed E-state index contributed by atoms with van der Waals surface area (Å²) < 4.78 is 1.25. The van der Waals surface area contributed by atoms with Crippen molar-refractivity contribution < 1.29 is 5.11 Å². The highest BCUT2D eigenvalue weighted by Gasteiger charge is 2.17. The maximum Gasteiger partial charge on any atom is 0.315 e. The Morgan fingerprint density at radius 2 is 2.00 bits per heavy atom. The van der Waals surface area contributed by atoms with Crippen LogP contribution in [0.25, 0.3) is 17.3 Å². The lowest BCUT2D eigenvalue weighted by Crippen LogP contribution is -2.09. The maximum absolute atomic E-state index is 12.3. The lowest BCUT2D eigenvalue weighted by molar-refractivity contribution is 0.440. The topological polar surface area (TPSA) is 54.6 Å². The van der Waals surface area contributed by atoms with Crippen LogP contribution in [0.2, 0.25) is 5.02 Å². The highest BCUT2D eigenvalue weighted by Crippen LogP contribution is 2.34. The summed E-state index contributed by atoms with van der Waals surface area (Å²) in [6.07, 6.45) is 3.51. The van der Waals surface area contributed by atoms with Gasteiger partial charge in [0.15, 0.2) is 0 Å². The number of hydrogen-bond acceptors (Lipinski definition) is 4. The van der Waals surface area contributed by atoms with Crippen LogP contribution in [0.5, 0.6) is 5.88 Å². The summed E-state index contributed by atoms with van der Waals surface area (Å²) in [5.74, 6) is -0.0995. The number of aromatic nitrogens is 1. The van der Waals surface area contributed by atoms with E-state index >= 15 is 0 Å². The van der Waals surface area contributed by atoms with Crippen LogP contribution in [0.4, 0.5) is 5.69 Å². The molecule has 1 aromatic heterocycles. The number of aliphatic imine (C=N–C) groups is 1. The molecular weight excluding hydrogens is 344 g/mol. The van der Waals surface area contributed by atoms with Gasteiger partial charge in [-0.3, -0.25) is 9.79 Å². The molecule has 0 saturated heterocycles. The van der Waals surface area contributed by atoms with Gasteiger partial charge in [0.2, 0.25) is 5.88 Å². The number of para-hydroxylation sites is 1. The van der Waals surface area contributed by atoms with E-state index in [4.69, 9.17) is 11.6 Å². The quantitative estimate of drug-likeness (QED) is 0.735. The van der Waals surface area contributed by atoms with Gasteiger partial charge in [-0.2, -0.15) is 0 Å². The van der Waals surface area contributed by atoms with Crippen molar-refractivity contribution in [1.29, 1.82) is 0 Å². The van der Waals surface area contributed by atoms with Crippen LogP contribution in [0, 0.1) is 0 Å². The van der Waals surface area contributed by atoms with Crippen LogP contribution in [0.1, 0.15) is 10.4 Å². The first-order valence-electron chi connectivity index (χ1n) is 7.19. The van der Waals surface area contributed by atoms with Crippen molar-refractivity contribution in [2.75, 3.05) is 0 Å². The lowest BCUT2D eigenvalue weighted by atomic mass is 10.1. The molecule has 0 saturated carbocycles. The average Bonchev–Trinajstić information content (AvgIpc) is 3.09. The SMILES string of the molecule is O=c1sc(/C=C2/C=Nc3ccccc32)c(O)n1-c1cccc(Cl)c1. The molecule has 24 heavy (non-hydrogen) atoms. The van der Waals surface area contributed by atoms with Crippen molar-refractivity contribution in [2.45, 2.75) is 0 Å². The second kappa shape index (κ2) is 5.78. The molecule has 0 bridgehead atoms. The molecule has 3 aromatic rings. The van der Waals surface area contributed by atoms with Crippen LogP contribution in [-0.2, 0) is 0 Å². The van der Waals surface area contributed by atoms with Crippen molar-refractivity contribution in [3.8, 4) is 11.6 Å². The summed E-state index contributed by atoms with van der Waals surface area (Å²) in [7, 11) is 0. The minimum atomic E-state index is -0.273. The number of rotatable bonds is 2. The minimum absolute atomic E-state index is 0.0995. The number of aromatic hydroxyl groups is 1. The fourth-order valence-corrected chi connectivity index (χ4v) is 3.64. The van der Waals surface area contributed by atoms with Gasteiger partial charge in [0.25, 0.3) is 0 Å². The minimum Gasteiger partial charge on any atom is -0.493 e. The first-order chi connectivity index (χ1) is 11.6. The van der Waals surface area contributed by atoms with Gasteiger partial charge in [-0.15, -0.1) is 0 Å². The number of nitrogens with zero attached hydrogens (tertiary/aromatic N) is 2. The predicted octanol–water partition coefficient (Wildman–Crippen LogP) is 4.51. The zero-order valence-electron chi connectivity index (χ0n) is 12.3. The van der Waals surface area contributed by atoms with Gasteiger partial charge in [-0.25, -0.2) is 4.57 Å². The third-order valence-electron chi connectivity index (χ3n) is 3.72. The molecule has 4 rings (SSSR count). The van der Waals surface area contributed by atoms with Gasteiger partial charge in [0, 0.05) is 22.4 Å². The van der Waals surface area contributed by atoms with Crippen LogP contribution < -0.4 is 4.87 Å². The first-order valence-corrected chi connectivity index (χ1v) is 8.39. The van der Waals surface area contributed by atoms with E-state index in [2.05, 4.69) is 4.99 Å². The Labute approximate surface area is 146 Å². The normalized spacial score (nSPS) is 14.3. The van der Waals surface area contributed by atoms with E-state index in [1.54, 1.807) is 36.6 Å².